The second-order valence-corrected chi connectivity index (χ2v) is 23.3. The van der Waals surface area contributed by atoms with Crippen LogP contribution in [0.15, 0.2) is 24.3 Å². The number of hydrogen-bond acceptors (Lipinski definition) is 17. The molecule has 0 radical (unpaired) electrons. The number of carbonyl (C=O) groups excluding carboxylic acids is 7. The van der Waals surface area contributed by atoms with Gasteiger partial charge in [-0.15, -0.1) is 10.2 Å². The molecule has 1 aromatic heterocycles. The van der Waals surface area contributed by atoms with E-state index in [4.69, 9.17) is 20.9 Å². The molecule has 0 saturated carbocycles. The number of nitrogens with two attached hydrogens (primary N) is 1. The summed E-state index contributed by atoms with van der Waals surface area (Å²) >= 11 is 0. The SMILES string of the molecule is CCCCC(=O)NS(=O)(=O)CCCC(=O)NCCOCCOCC(=O)NCCCC[C@@H]1NC(=O)[C@@H]([NH-])CSSC[C@@H](C(=O)C[C@@H](Cc2ccc(O)cc2)C(N)=O)CC1=O.CCCCCCCCCCCCc1nn[nH]n1.[HH].[HH].[K+]. The largest absolute Gasteiger partial charge is 1.00 e. The number of ether oxygens (including phenoxy) is 2. The molecule has 2 aromatic rings. The number of H-pyrrole nitrogens is 1. The maximum absolute atomic E-state index is 13.5. The maximum atomic E-state index is 13.5. The number of primary amides is 1. The van der Waals surface area contributed by atoms with Crippen LogP contribution in [-0.4, -0.2) is 144 Å². The predicted octanol–water partition coefficient (Wildman–Crippen LogP) is 2.88. The summed E-state index contributed by atoms with van der Waals surface area (Å²) in [6, 6.07) is 4.19. The van der Waals surface area contributed by atoms with Crippen LogP contribution >= 0.6 is 21.6 Å². The van der Waals surface area contributed by atoms with Crippen LogP contribution in [0.3, 0.4) is 0 Å². The topological polar surface area (TPSA) is 345 Å². The van der Waals surface area contributed by atoms with Gasteiger partial charge in [-0.1, -0.05) is 117 Å². The molecule has 77 heavy (non-hydrogen) atoms. The Hall–Kier alpha value is -3.05. The normalized spacial score (nSPS) is 16.3. The third-order valence-electron chi connectivity index (χ3n) is 12.2. The number of aromatic hydroxyl groups is 1. The average Bonchev–Trinajstić information content (AvgIpc) is 3.90. The number of benzene rings is 1. The Balaban J connectivity index is 0. The van der Waals surface area contributed by atoms with E-state index >= 15 is 0 Å². The number of aromatic amines is 1. The first kappa shape index (κ1) is 72.0. The summed E-state index contributed by atoms with van der Waals surface area (Å²) in [6.07, 6.45) is 17.1. The van der Waals surface area contributed by atoms with Crippen molar-refractivity contribution in [3.05, 3.63) is 41.4 Å². The summed E-state index contributed by atoms with van der Waals surface area (Å²) in [6.45, 7) is 4.86. The first-order chi connectivity index (χ1) is 36.5. The van der Waals surface area contributed by atoms with Crippen LogP contribution in [0.2, 0.25) is 0 Å². The number of aryl methyl sites for hydroxylation is 1. The van der Waals surface area contributed by atoms with E-state index in [-0.39, 0.29) is 185 Å². The summed E-state index contributed by atoms with van der Waals surface area (Å²) in [5, 5.41) is 31.5. The summed E-state index contributed by atoms with van der Waals surface area (Å²) in [5.74, 6) is -3.74. The van der Waals surface area contributed by atoms with Gasteiger partial charge in [-0.05, 0) is 74.4 Å². The van der Waals surface area contributed by atoms with E-state index < -0.39 is 51.7 Å². The number of tetrazole rings is 1. The van der Waals surface area contributed by atoms with Gasteiger partial charge >= 0.3 is 51.4 Å². The summed E-state index contributed by atoms with van der Waals surface area (Å²) in [4.78, 5) is 87.8. The number of rotatable bonds is 38. The Bertz CT molecular complexity index is 2110. The van der Waals surface area contributed by atoms with Crippen molar-refractivity contribution in [1.82, 2.24) is 41.3 Å². The third-order valence-corrected chi connectivity index (χ3v) is 16.0. The van der Waals surface area contributed by atoms with E-state index in [2.05, 4.69) is 43.5 Å². The summed E-state index contributed by atoms with van der Waals surface area (Å²) < 4.78 is 36.6. The molecule has 0 aliphatic carbocycles. The van der Waals surface area contributed by atoms with Crippen LogP contribution in [0.4, 0.5) is 0 Å². The number of unbranched alkanes of at least 4 members (excludes halogenated alkanes) is 11. The van der Waals surface area contributed by atoms with Gasteiger partial charge in [0.25, 0.3) is 0 Å². The molecular weight excluding hydrogens is 1080 g/mol. The smallest absolute Gasteiger partial charge is 0.666 e. The molecule has 3 rings (SSSR count). The molecule has 1 aromatic carbocycles. The van der Waals surface area contributed by atoms with Gasteiger partial charge in [-0.25, -0.2) is 8.42 Å². The number of Topliss-reactive ketones (excluding diaryl/α,β-unsaturated/α-hetero) is 2. The van der Waals surface area contributed by atoms with Crippen molar-refractivity contribution in [1.29, 1.82) is 0 Å². The number of nitrogens with one attached hydrogen (secondary N) is 6. The molecule has 2 heterocycles. The second kappa shape index (κ2) is 44.7. The van der Waals surface area contributed by atoms with E-state index in [1.165, 1.54) is 97.9 Å². The van der Waals surface area contributed by atoms with Gasteiger partial charge in [0.15, 0.2) is 11.6 Å². The Kier molecular flexibility index (Phi) is 41.7. The Labute approximate surface area is 509 Å². The number of hydrogen-bond donors (Lipinski definition) is 7. The first-order valence-electron chi connectivity index (χ1n) is 26.9. The van der Waals surface area contributed by atoms with Gasteiger partial charge in [0, 0.05) is 65.6 Å². The fourth-order valence-corrected chi connectivity index (χ4v) is 11.2. The van der Waals surface area contributed by atoms with Crippen molar-refractivity contribution in [2.45, 2.75) is 167 Å². The van der Waals surface area contributed by atoms with Crippen LogP contribution in [0.5, 0.6) is 5.75 Å². The van der Waals surface area contributed by atoms with E-state index in [1.807, 2.05) is 11.6 Å². The number of sulfonamides is 1. The zero-order valence-corrected chi connectivity index (χ0v) is 51.2. The molecule has 434 valence electrons. The predicted molar refractivity (Wildman–Crippen MR) is 298 cm³/mol. The Morgan fingerprint density at radius 1 is 0.818 bits per heavy atom. The fraction of sp³-hybridized carbons (Fsp3) is 0.725. The number of phenols is 1. The van der Waals surface area contributed by atoms with E-state index in [9.17, 15) is 47.1 Å². The molecule has 0 spiro atoms. The van der Waals surface area contributed by atoms with Crippen LogP contribution in [0, 0.1) is 11.8 Å². The van der Waals surface area contributed by atoms with Crippen LogP contribution < -0.4 is 77.8 Å². The van der Waals surface area contributed by atoms with Gasteiger partial charge in [-0.2, -0.15) is 5.21 Å². The number of nitrogens with zero attached hydrogens (tertiary/aromatic N) is 3. The number of phenolic OH excluding ortho intramolecular Hbond substituents is 1. The quantitative estimate of drug-likeness (QED) is 0.0289. The van der Waals surface area contributed by atoms with Crippen molar-refractivity contribution in [2.24, 2.45) is 17.6 Å². The molecule has 1 aliphatic rings. The van der Waals surface area contributed by atoms with Crippen LogP contribution in [0.1, 0.15) is 157 Å². The van der Waals surface area contributed by atoms with Crippen molar-refractivity contribution in [3.8, 4) is 5.75 Å². The molecule has 5 amide bonds. The molecule has 1 fully saturated rings. The fourth-order valence-electron chi connectivity index (χ4n) is 7.74. The molecular formula is C51H89KN10O12S3. The van der Waals surface area contributed by atoms with Crippen molar-refractivity contribution < 1.29 is 111 Å². The number of amides is 5. The molecule has 4 atom stereocenters. The number of aromatic nitrogens is 4. The monoisotopic (exact) mass is 1170 g/mol. The van der Waals surface area contributed by atoms with E-state index in [0.717, 1.165) is 18.7 Å². The van der Waals surface area contributed by atoms with Crippen molar-refractivity contribution in [3.63, 3.8) is 0 Å². The Morgan fingerprint density at radius 3 is 2.12 bits per heavy atom. The van der Waals surface area contributed by atoms with Gasteiger partial charge in [-0.3, -0.25) is 38.3 Å². The second-order valence-electron chi connectivity index (χ2n) is 18.9. The standard InChI is InChI=1S/C38H59N6O12S3.C13H26N4.K.2H2/c1-2-3-8-35(49)44-59(53,54)19-6-9-34(48)42-15-16-55-17-18-56-23-36(50)41-14-5-4-7-31-33(47)22-28(24-57-58-25-30(39)38(52)43-31)32(46)21-27(37(40)51)20-26-10-12-29(45)13-11-26;1-2-3-4-5-6-7-8-9-10-11-12-13-14-16-17-15-13;;;/h10-13,27-28,30-31,39,45H,2-9,14-25H2,1H3,(H2,40,51)(H,41,50)(H,42,48)(H,43,52)(H,44,49);2-12H2,1H3,(H,14,15,16,17);;2*1H/q-1;;+1;;/t27-,28+,30+,31+;;;;/m1..../s1. The van der Waals surface area contributed by atoms with E-state index in [0.29, 0.717) is 24.8 Å². The third kappa shape index (κ3) is 36.8. The minimum absolute atomic E-state index is 0. The van der Waals surface area contributed by atoms with Crippen LogP contribution in [-0.2, 0) is 65.9 Å². The van der Waals surface area contributed by atoms with Crippen molar-refractivity contribution >= 4 is 72.7 Å². The molecule has 26 heteroatoms. The maximum Gasteiger partial charge on any atom is 1.00 e. The molecule has 1 aliphatic heterocycles. The van der Waals surface area contributed by atoms with Gasteiger partial charge < -0.3 is 42.0 Å². The average molecular weight is 1170 g/mol. The van der Waals surface area contributed by atoms with Crippen molar-refractivity contribution in [2.75, 3.05) is 56.8 Å². The number of carbonyl (C=O) groups is 7. The molecule has 0 bridgehead atoms. The van der Waals surface area contributed by atoms with Gasteiger partial charge in [0.2, 0.25) is 39.6 Å². The van der Waals surface area contributed by atoms with E-state index in [1.54, 1.807) is 12.1 Å². The van der Waals surface area contributed by atoms with Gasteiger partial charge in [0.1, 0.15) is 18.1 Å². The molecule has 0 unspecified atom stereocenters. The summed E-state index contributed by atoms with van der Waals surface area (Å²) in [7, 11) is -1.23. The van der Waals surface area contributed by atoms with Gasteiger partial charge in [0.05, 0.1) is 31.6 Å². The Morgan fingerprint density at radius 2 is 1.45 bits per heavy atom. The molecule has 1 saturated heterocycles. The minimum atomic E-state index is -3.79. The zero-order chi connectivity index (χ0) is 55.8. The minimum Gasteiger partial charge on any atom is -0.666 e. The number of ketones is 2. The zero-order valence-electron chi connectivity index (χ0n) is 45.6. The summed E-state index contributed by atoms with van der Waals surface area (Å²) in [5.41, 5.74) is 14.5. The molecule has 22 nitrogen and oxygen atoms in total. The first-order valence-corrected chi connectivity index (χ1v) is 31.0. The van der Waals surface area contributed by atoms with Crippen LogP contribution in [0.25, 0.3) is 5.73 Å². The molecule has 9 N–H and O–H groups in total.